The second-order valence-electron chi connectivity index (χ2n) is 9.03. The normalized spacial score (nSPS) is 19.1. The first-order valence-corrected chi connectivity index (χ1v) is 10.8. The third kappa shape index (κ3) is 2.88. The van der Waals surface area contributed by atoms with Crippen LogP contribution in [0.4, 0.5) is 0 Å². The van der Waals surface area contributed by atoms with Gasteiger partial charge in [-0.1, -0.05) is 19.4 Å². The largest absolute Gasteiger partial charge is 0.508 e. The van der Waals surface area contributed by atoms with Crippen LogP contribution in [0.2, 0.25) is 0 Å². The van der Waals surface area contributed by atoms with Gasteiger partial charge in [0.25, 0.3) is 5.56 Å². The first kappa shape index (κ1) is 20.7. The number of phenols is 1. The van der Waals surface area contributed by atoms with Gasteiger partial charge in [0.15, 0.2) is 5.60 Å². The summed E-state index contributed by atoms with van der Waals surface area (Å²) in [7, 11) is 3.90. The molecule has 5 rings (SSSR count). The SMILES string of the molecule is CCCC1(O)C(=O)OCc2c1cc1n(c2=O)Cc2cc3c(CN(C)C)c(O)ccc3cc2-1. The van der Waals surface area contributed by atoms with Crippen LogP contribution >= 0.6 is 0 Å². The molecule has 0 bridgehead atoms. The first-order valence-electron chi connectivity index (χ1n) is 10.8. The molecule has 0 saturated heterocycles. The number of hydrogen-bond acceptors (Lipinski definition) is 6. The van der Waals surface area contributed by atoms with Crippen LogP contribution in [-0.2, 0) is 34.8 Å². The molecule has 0 fully saturated rings. The van der Waals surface area contributed by atoms with Gasteiger partial charge in [-0.05, 0) is 61.1 Å². The van der Waals surface area contributed by atoms with Gasteiger partial charge < -0.3 is 24.4 Å². The molecule has 2 N–H and O–H groups in total. The summed E-state index contributed by atoms with van der Waals surface area (Å²) in [6, 6.07) is 9.40. The lowest BCUT2D eigenvalue weighted by atomic mass is 9.84. The monoisotopic (exact) mass is 434 g/mol. The number of ether oxygens (including phenoxy) is 1. The van der Waals surface area contributed by atoms with Gasteiger partial charge in [-0.25, -0.2) is 4.79 Å². The Kier molecular flexibility index (Phi) is 4.65. The minimum Gasteiger partial charge on any atom is -0.508 e. The molecule has 0 radical (unpaired) electrons. The van der Waals surface area contributed by atoms with E-state index in [4.69, 9.17) is 4.74 Å². The topological polar surface area (TPSA) is 92.0 Å². The Hall–Kier alpha value is -3.16. The fourth-order valence-electron chi connectivity index (χ4n) is 5.03. The summed E-state index contributed by atoms with van der Waals surface area (Å²) >= 11 is 0. The van der Waals surface area contributed by atoms with Crippen molar-refractivity contribution in [1.82, 2.24) is 9.47 Å². The average molecular weight is 434 g/mol. The molecular formula is C25H26N2O5. The zero-order chi connectivity index (χ0) is 22.8. The van der Waals surface area contributed by atoms with Crippen molar-refractivity contribution in [2.24, 2.45) is 0 Å². The van der Waals surface area contributed by atoms with E-state index in [0.717, 1.165) is 27.5 Å². The lowest BCUT2D eigenvalue weighted by molar-refractivity contribution is -0.172. The molecule has 0 saturated carbocycles. The van der Waals surface area contributed by atoms with Crippen molar-refractivity contribution in [2.75, 3.05) is 14.1 Å². The minimum atomic E-state index is -1.80. The molecule has 32 heavy (non-hydrogen) atoms. The number of carbonyl (C=O) groups is 1. The number of benzene rings is 2. The molecule has 3 aromatic rings. The van der Waals surface area contributed by atoms with E-state index in [0.29, 0.717) is 36.3 Å². The highest BCUT2D eigenvalue weighted by molar-refractivity contribution is 5.93. The third-order valence-electron chi connectivity index (χ3n) is 6.55. The second-order valence-corrected chi connectivity index (χ2v) is 9.03. The molecule has 2 aliphatic heterocycles. The van der Waals surface area contributed by atoms with E-state index < -0.39 is 11.6 Å². The van der Waals surface area contributed by atoms with Crippen LogP contribution in [0.25, 0.3) is 22.0 Å². The quantitative estimate of drug-likeness (QED) is 0.480. The number of carbonyl (C=O) groups excluding carboxylic acids is 1. The summed E-state index contributed by atoms with van der Waals surface area (Å²) in [5.74, 6) is -0.452. The smallest absolute Gasteiger partial charge is 0.343 e. The van der Waals surface area contributed by atoms with Gasteiger partial charge in [-0.3, -0.25) is 4.79 Å². The molecule has 0 amide bonds. The maximum atomic E-state index is 13.3. The van der Waals surface area contributed by atoms with E-state index in [1.54, 1.807) is 16.7 Å². The Morgan fingerprint density at radius 2 is 1.97 bits per heavy atom. The molecule has 2 aromatic carbocycles. The van der Waals surface area contributed by atoms with Gasteiger partial charge in [0, 0.05) is 23.2 Å². The zero-order valence-electron chi connectivity index (χ0n) is 18.4. The Bertz CT molecular complexity index is 1340. The van der Waals surface area contributed by atoms with E-state index in [-0.39, 0.29) is 24.3 Å². The summed E-state index contributed by atoms with van der Waals surface area (Å²) in [5.41, 5.74) is 2.06. The minimum absolute atomic E-state index is 0.127. The fourth-order valence-corrected chi connectivity index (χ4v) is 5.03. The number of hydrogen-bond donors (Lipinski definition) is 2. The summed E-state index contributed by atoms with van der Waals surface area (Å²) < 4.78 is 6.86. The molecule has 7 heteroatoms. The predicted octanol–water partition coefficient (Wildman–Crippen LogP) is 2.84. The van der Waals surface area contributed by atoms with Crippen molar-refractivity contribution in [3.63, 3.8) is 0 Å². The molecule has 1 unspecified atom stereocenters. The van der Waals surface area contributed by atoms with Gasteiger partial charge in [-0.2, -0.15) is 0 Å². The molecule has 1 atom stereocenters. The highest BCUT2D eigenvalue weighted by Gasteiger charge is 2.45. The second kappa shape index (κ2) is 7.18. The van der Waals surface area contributed by atoms with Gasteiger partial charge in [-0.15, -0.1) is 0 Å². The third-order valence-corrected chi connectivity index (χ3v) is 6.55. The first-order chi connectivity index (χ1) is 15.2. The van der Waals surface area contributed by atoms with E-state index in [1.807, 2.05) is 44.1 Å². The standard InChI is InChI=1S/C25H26N2O5/c1-4-7-25(31)20-10-21-17-8-14-5-6-22(28)18(12-26(2)3)16(14)9-15(17)11-27(21)23(29)19(20)13-32-24(25)30/h5-6,8-10,28,31H,4,7,11-13H2,1-3H3. The van der Waals surface area contributed by atoms with Crippen molar-refractivity contribution in [1.29, 1.82) is 0 Å². The fraction of sp³-hybridized carbons (Fsp3) is 0.360. The number of rotatable bonds is 4. The van der Waals surface area contributed by atoms with Crippen molar-refractivity contribution < 1.29 is 19.7 Å². The number of fused-ring (bicyclic) bond motifs is 5. The van der Waals surface area contributed by atoms with Gasteiger partial charge in [0.2, 0.25) is 0 Å². The molecule has 0 aliphatic carbocycles. The number of aromatic nitrogens is 1. The Labute approximate surface area is 185 Å². The van der Waals surface area contributed by atoms with Gasteiger partial charge in [0.1, 0.15) is 12.4 Å². The molecule has 2 aliphatic rings. The van der Waals surface area contributed by atoms with Crippen molar-refractivity contribution in [2.45, 2.75) is 45.1 Å². The Balaban J connectivity index is 1.73. The van der Waals surface area contributed by atoms with Crippen LogP contribution in [0.5, 0.6) is 5.75 Å². The molecule has 3 heterocycles. The summed E-state index contributed by atoms with van der Waals surface area (Å²) in [6.45, 7) is 2.73. The molecule has 1 aromatic heterocycles. The van der Waals surface area contributed by atoms with Gasteiger partial charge in [0.05, 0.1) is 17.8 Å². The van der Waals surface area contributed by atoms with Crippen LogP contribution < -0.4 is 5.56 Å². The van der Waals surface area contributed by atoms with Crippen molar-refractivity contribution in [3.05, 3.63) is 62.9 Å². The van der Waals surface area contributed by atoms with Crippen LogP contribution in [0, 0.1) is 0 Å². The number of phenolic OH excluding ortho intramolecular Hbond substituents is 1. The molecule has 7 nitrogen and oxygen atoms in total. The summed E-state index contributed by atoms with van der Waals surface area (Å²) in [4.78, 5) is 27.8. The van der Waals surface area contributed by atoms with Crippen LogP contribution in [0.15, 0.2) is 35.1 Å². The molecule has 166 valence electrons. The lowest BCUT2D eigenvalue weighted by Crippen LogP contribution is -2.44. The Morgan fingerprint density at radius 3 is 2.69 bits per heavy atom. The van der Waals surface area contributed by atoms with Crippen molar-refractivity contribution >= 4 is 16.7 Å². The number of aromatic hydroxyl groups is 1. The maximum Gasteiger partial charge on any atom is 0.343 e. The number of pyridine rings is 1. The number of esters is 1. The highest BCUT2D eigenvalue weighted by Crippen LogP contribution is 2.41. The van der Waals surface area contributed by atoms with Crippen LogP contribution in [0.1, 0.15) is 42.0 Å². The Morgan fingerprint density at radius 1 is 1.19 bits per heavy atom. The van der Waals surface area contributed by atoms with Gasteiger partial charge >= 0.3 is 5.97 Å². The van der Waals surface area contributed by atoms with Crippen molar-refractivity contribution in [3.8, 4) is 17.0 Å². The number of aliphatic hydroxyl groups is 1. The lowest BCUT2D eigenvalue weighted by Gasteiger charge is -2.32. The van der Waals surface area contributed by atoms with E-state index >= 15 is 0 Å². The highest BCUT2D eigenvalue weighted by atomic mass is 16.6. The van der Waals surface area contributed by atoms with Crippen LogP contribution in [0.3, 0.4) is 0 Å². The van der Waals surface area contributed by atoms with Crippen LogP contribution in [-0.4, -0.2) is 39.7 Å². The zero-order valence-corrected chi connectivity index (χ0v) is 18.4. The molecular weight excluding hydrogens is 408 g/mol. The molecule has 0 spiro atoms. The summed E-state index contributed by atoms with van der Waals surface area (Å²) in [5, 5.41) is 23.5. The summed E-state index contributed by atoms with van der Waals surface area (Å²) in [6.07, 6.45) is 0.766. The predicted molar refractivity (Wildman–Crippen MR) is 120 cm³/mol. The average Bonchev–Trinajstić information content (AvgIpc) is 3.10. The van der Waals surface area contributed by atoms with E-state index in [1.165, 1.54) is 0 Å². The van der Waals surface area contributed by atoms with E-state index in [9.17, 15) is 19.8 Å². The number of cyclic esters (lactones) is 1. The number of nitrogens with zero attached hydrogens (tertiary/aromatic N) is 2. The van der Waals surface area contributed by atoms with E-state index in [2.05, 4.69) is 0 Å². The maximum absolute atomic E-state index is 13.3.